The molecule has 0 N–H and O–H groups in total. The summed E-state index contributed by atoms with van der Waals surface area (Å²) in [6.07, 6.45) is 0. The van der Waals surface area contributed by atoms with Gasteiger partial charge in [0.1, 0.15) is 0 Å². The van der Waals surface area contributed by atoms with Crippen LogP contribution < -0.4 is 0 Å². The second-order valence-corrected chi connectivity index (χ2v) is 0. The fourth-order valence-electron chi connectivity index (χ4n) is 0. The van der Waals surface area contributed by atoms with Gasteiger partial charge in [0.15, 0.2) is 0 Å². The molecule has 0 spiro atoms. The van der Waals surface area contributed by atoms with E-state index in [-0.39, 0.29) is 0 Å². The van der Waals surface area contributed by atoms with E-state index in [4.69, 9.17) is 0 Å². The van der Waals surface area contributed by atoms with Crippen LogP contribution >= 0.6 is 14.5 Å². The summed E-state index contributed by atoms with van der Waals surface area (Å²) >= 11 is 1.78. The van der Waals surface area contributed by atoms with Crippen molar-refractivity contribution in [2.24, 2.45) is 0 Å². The van der Waals surface area contributed by atoms with Crippen LogP contribution in [0.2, 0.25) is 0 Å². The summed E-state index contributed by atoms with van der Waals surface area (Å²) in [5.41, 5.74) is 0. The molecule has 4 heteroatoms. The molecule has 0 heterocycles. The Bertz CT molecular complexity index is 19.2. The van der Waals surface area contributed by atoms with Gasteiger partial charge in [-0.25, -0.2) is 0 Å². The molecule has 0 fully saturated rings. The van der Waals surface area contributed by atoms with Gasteiger partial charge >= 0.3 is 61.3 Å². The molecule has 16 valence electrons. The average Bonchev–Trinajstić information content (AvgIpc) is 1.50. The van der Waals surface area contributed by atoms with Crippen molar-refractivity contribution in [1.29, 1.82) is 0 Å². The molecular weight excluding hydrogens is 290 g/mol. The van der Waals surface area contributed by atoms with Crippen LogP contribution in [0.25, 0.3) is 0 Å². The molecule has 0 amide bonds. The summed E-state index contributed by atoms with van der Waals surface area (Å²) in [6, 6.07) is 0. The molecule has 0 radical (unpaired) electrons. The zero-order valence-corrected chi connectivity index (χ0v) is 11.2. The number of rotatable bonds is 0. The van der Waals surface area contributed by atoms with Crippen LogP contribution in [-0.4, -0.2) is 23.0 Å². The Hall–Kier alpha value is 2.44. The molecule has 0 unspecified atom stereocenters. The standard InChI is InChI=1S/Cd.In.P.S. The van der Waals surface area contributed by atoms with Gasteiger partial charge in [0.05, 0.1) is 0 Å². The van der Waals surface area contributed by atoms with E-state index in [0.717, 1.165) is 46.7 Å². The third-order valence-corrected chi connectivity index (χ3v) is 0. The van der Waals surface area contributed by atoms with Gasteiger partial charge in [-0.1, -0.05) is 0 Å². The Balaban J connectivity index is 0. The van der Waals surface area contributed by atoms with Crippen molar-refractivity contribution in [3.63, 3.8) is 0 Å². The van der Waals surface area contributed by atoms with Crippen LogP contribution in [0.3, 0.4) is 0 Å². The summed E-state index contributed by atoms with van der Waals surface area (Å²) in [4.78, 5) is 0. The second-order valence-electron chi connectivity index (χ2n) is 0. The van der Waals surface area contributed by atoms with Gasteiger partial charge in [-0.2, -0.15) is 0 Å². The van der Waals surface area contributed by atoms with Crippen molar-refractivity contribution in [2.75, 3.05) is 0 Å². The van der Waals surface area contributed by atoms with Gasteiger partial charge < -0.3 is 0 Å². The Morgan fingerprint density at radius 1 is 1.50 bits per heavy atom. The Morgan fingerprint density at radius 3 is 1.50 bits per heavy atom. The summed E-state index contributed by atoms with van der Waals surface area (Å²) in [5.74, 6) is 3.66. The van der Waals surface area contributed by atoms with Crippen molar-refractivity contribution in [2.45, 2.75) is 0 Å². The monoisotopic (exact) mass is 292 g/mol. The van der Waals surface area contributed by atoms with Crippen LogP contribution in [0.4, 0.5) is 0 Å². The van der Waals surface area contributed by atoms with E-state index in [1.165, 1.54) is 0 Å². The first kappa shape index (κ1) is 9.67. The Kier molecular flexibility index (Phi) is 43.5. The molecule has 0 saturated heterocycles. The van der Waals surface area contributed by atoms with Gasteiger partial charge in [0, 0.05) is 0 Å². The van der Waals surface area contributed by atoms with E-state index in [1.807, 2.05) is 0 Å². The first-order valence-corrected chi connectivity index (χ1v) is 11.0. The Labute approximate surface area is 60.2 Å². The van der Waals surface area contributed by atoms with Crippen LogP contribution in [-0.2, 0) is 23.7 Å². The van der Waals surface area contributed by atoms with Crippen molar-refractivity contribution in [3.05, 3.63) is 0 Å². The van der Waals surface area contributed by atoms with E-state index in [1.54, 1.807) is 0 Å². The first-order chi connectivity index (χ1) is 2.00. The molecule has 0 aliphatic carbocycles. The molecule has 0 saturated carbocycles. The van der Waals surface area contributed by atoms with Crippen LogP contribution in [0, 0.1) is 0 Å². The number of hydrogen-bond donors (Lipinski definition) is 0. The third-order valence-electron chi connectivity index (χ3n) is 0. The topological polar surface area (TPSA) is 0 Å². The fourth-order valence-corrected chi connectivity index (χ4v) is 0. The van der Waals surface area contributed by atoms with E-state index in [0.29, 0.717) is 0 Å². The zero-order chi connectivity index (χ0) is 4.00. The van der Waals surface area contributed by atoms with Gasteiger partial charge in [-0.3, -0.25) is 0 Å². The molecule has 0 rings (SSSR count). The second kappa shape index (κ2) is 18.0. The molecular formula is CdInPS. The minimum atomic E-state index is 0.733. The van der Waals surface area contributed by atoms with Gasteiger partial charge in [-0.15, -0.1) is 0 Å². The molecule has 0 aliphatic heterocycles. The molecule has 0 aliphatic rings. The summed E-state index contributed by atoms with van der Waals surface area (Å²) in [6.45, 7) is 0. The maximum atomic E-state index is 4.25. The van der Waals surface area contributed by atoms with Crippen molar-refractivity contribution < 1.29 is 23.7 Å². The van der Waals surface area contributed by atoms with Crippen LogP contribution in [0.1, 0.15) is 0 Å². The minimum absolute atomic E-state index is 0.733. The molecule has 0 atom stereocenters. The molecule has 0 aromatic rings. The van der Waals surface area contributed by atoms with Gasteiger partial charge in [-0.05, 0) is 0 Å². The van der Waals surface area contributed by atoms with Crippen LogP contribution in [0.5, 0.6) is 0 Å². The Morgan fingerprint density at radius 2 is 1.50 bits per heavy atom. The maximum absolute atomic E-state index is 4.25. The van der Waals surface area contributed by atoms with Crippen LogP contribution in [0.15, 0.2) is 0 Å². The normalized spacial score (nSPS) is 2.75. The predicted molar refractivity (Wildman–Crippen MR) is 20.3 cm³/mol. The molecule has 4 heavy (non-hydrogen) atoms. The van der Waals surface area contributed by atoms with Crippen molar-refractivity contribution >= 4 is 37.6 Å². The average molecular weight is 290 g/mol. The third kappa shape index (κ3) is 8.82. The van der Waals surface area contributed by atoms with Gasteiger partial charge in [0.2, 0.25) is 0 Å². The van der Waals surface area contributed by atoms with Crippen molar-refractivity contribution in [1.82, 2.24) is 0 Å². The summed E-state index contributed by atoms with van der Waals surface area (Å²) in [7, 11) is 4.25. The number of hydrogen-bond acceptors (Lipinski definition) is 1. The molecule has 0 aromatic carbocycles. The summed E-state index contributed by atoms with van der Waals surface area (Å²) < 4.78 is 0. The quantitative estimate of drug-likeness (QED) is 0.476. The SMILES string of the molecule is [P]#[In].[S]=[Cd]. The predicted octanol–water partition coefficient (Wildman–Crippen LogP) is 1.13. The first-order valence-electron chi connectivity index (χ1n) is 0.547. The van der Waals surface area contributed by atoms with E-state index < -0.39 is 0 Å². The van der Waals surface area contributed by atoms with E-state index in [9.17, 15) is 0 Å². The molecule has 0 aromatic heterocycles. The van der Waals surface area contributed by atoms with E-state index >= 15 is 0 Å². The van der Waals surface area contributed by atoms with Gasteiger partial charge in [0.25, 0.3) is 0 Å². The van der Waals surface area contributed by atoms with E-state index in [2.05, 4.69) is 14.5 Å². The molecule has 0 bridgehead atoms. The summed E-state index contributed by atoms with van der Waals surface area (Å²) in [5, 5.41) is 0. The van der Waals surface area contributed by atoms with Crippen molar-refractivity contribution in [3.8, 4) is 0 Å². The molecule has 0 nitrogen and oxygen atoms in total. The fraction of sp³-hybridized carbons (Fsp3) is 0. The zero-order valence-electron chi connectivity index (χ0n) is 2.14.